The Hall–Kier alpha value is -1.29. The van der Waals surface area contributed by atoms with Crippen LogP contribution >= 0.6 is 0 Å². The van der Waals surface area contributed by atoms with Gasteiger partial charge in [-0.05, 0) is 37.2 Å². The van der Waals surface area contributed by atoms with E-state index in [-0.39, 0.29) is 5.76 Å². The quantitative estimate of drug-likeness (QED) is 0.840. The van der Waals surface area contributed by atoms with Crippen molar-refractivity contribution in [3.8, 4) is 0 Å². The van der Waals surface area contributed by atoms with Crippen molar-refractivity contribution < 1.29 is 14.3 Å². The summed E-state index contributed by atoms with van der Waals surface area (Å²) in [4.78, 5) is 10.9. The highest BCUT2D eigenvalue weighted by molar-refractivity contribution is 5.86. The molecule has 1 aromatic rings. The Morgan fingerprint density at radius 1 is 1.47 bits per heavy atom. The van der Waals surface area contributed by atoms with Gasteiger partial charge in [0.2, 0.25) is 5.76 Å². The number of hydrogen-bond acceptors (Lipinski definition) is 3. The molecule has 1 heterocycles. The molecule has 0 saturated heterocycles. The lowest BCUT2D eigenvalue weighted by Gasteiger charge is -2.22. The van der Waals surface area contributed by atoms with Crippen LogP contribution in [-0.4, -0.2) is 17.1 Å². The normalized spacial score (nSPS) is 30.9. The average molecular weight is 235 g/mol. The second kappa shape index (κ2) is 4.18. The molecule has 2 saturated carbocycles. The van der Waals surface area contributed by atoms with Gasteiger partial charge in [-0.15, -0.1) is 0 Å². The van der Waals surface area contributed by atoms with E-state index in [1.165, 1.54) is 31.9 Å². The summed E-state index contributed by atoms with van der Waals surface area (Å²) in [5, 5.41) is 12.4. The molecule has 2 N–H and O–H groups in total. The molecule has 0 amide bonds. The average Bonchev–Trinajstić information content (AvgIpc) is 3.01. The highest BCUT2D eigenvalue weighted by atomic mass is 16.4. The minimum Gasteiger partial charge on any atom is -0.475 e. The van der Waals surface area contributed by atoms with Crippen molar-refractivity contribution in [3.63, 3.8) is 0 Å². The van der Waals surface area contributed by atoms with E-state index >= 15 is 0 Å². The second-order valence-corrected chi connectivity index (χ2v) is 5.24. The molecule has 0 radical (unpaired) electrons. The summed E-state index contributed by atoms with van der Waals surface area (Å²) in [6.45, 7) is 0.603. The maximum absolute atomic E-state index is 10.9. The Balaban J connectivity index is 1.60. The first kappa shape index (κ1) is 10.8. The van der Waals surface area contributed by atoms with Crippen LogP contribution in [0.3, 0.4) is 0 Å². The fourth-order valence-corrected chi connectivity index (χ4v) is 3.40. The van der Waals surface area contributed by atoms with Gasteiger partial charge < -0.3 is 14.8 Å². The van der Waals surface area contributed by atoms with Gasteiger partial charge in [0.15, 0.2) is 0 Å². The van der Waals surface area contributed by atoms with Crippen LogP contribution in [0.1, 0.15) is 41.8 Å². The van der Waals surface area contributed by atoms with Crippen LogP contribution in [-0.2, 0) is 6.54 Å². The maximum Gasteiger partial charge on any atom is 0.372 e. The van der Waals surface area contributed by atoms with Crippen molar-refractivity contribution in [2.75, 3.05) is 0 Å². The number of carbonyl (C=O) groups is 1. The third kappa shape index (κ3) is 1.97. The van der Waals surface area contributed by atoms with Crippen LogP contribution in [0.25, 0.3) is 0 Å². The van der Waals surface area contributed by atoms with E-state index in [2.05, 4.69) is 5.32 Å². The van der Waals surface area contributed by atoms with E-state index in [1.54, 1.807) is 6.07 Å². The molecule has 3 atom stereocenters. The van der Waals surface area contributed by atoms with Crippen molar-refractivity contribution in [1.29, 1.82) is 0 Å². The van der Waals surface area contributed by atoms with Crippen molar-refractivity contribution in [3.05, 3.63) is 23.7 Å². The molecule has 0 aliphatic heterocycles. The van der Waals surface area contributed by atoms with Crippen LogP contribution in [0.4, 0.5) is 0 Å². The number of hydrogen-bond donors (Lipinski definition) is 2. The molecule has 2 fully saturated rings. The molecule has 2 aliphatic carbocycles. The van der Waals surface area contributed by atoms with Gasteiger partial charge in [-0.25, -0.2) is 4.79 Å². The van der Waals surface area contributed by atoms with Crippen LogP contribution in [0.2, 0.25) is 0 Å². The third-order valence-electron chi connectivity index (χ3n) is 4.23. The summed E-state index contributed by atoms with van der Waals surface area (Å²) in [5.74, 6) is 0.793. The SMILES string of the molecule is O=C(O)c1occc1CNC1CC2CCC1C2. The molecule has 4 nitrogen and oxygen atoms in total. The van der Waals surface area contributed by atoms with Crippen molar-refractivity contribution in [2.24, 2.45) is 11.8 Å². The van der Waals surface area contributed by atoms with E-state index < -0.39 is 5.97 Å². The minimum atomic E-state index is -0.986. The first-order valence-electron chi connectivity index (χ1n) is 6.27. The lowest BCUT2D eigenvalue weighted by molar-refractivity contribution is 0.0660. The van der Waals surface area contributed by atoms with E-state index in [4.69, 9.17) is 9.52 Å². The molecule has 1 aromatic heterocycles. The number of furan rings is 1. The predicted octanol–water partition coefficient (Wildman–Crippen LogP) is 2.26. The molecule has 2 aliphatic rings. The van der Waals surface area contributed by atoms with Gasteiger partial charge in [-0.3, -0.25) is 0 Å². The topological polar surface area (TPSA) is 62.5 Å². The summed E-state index contributed by atoms with van der Waals surface area (Å²) in [6.07, 6.45) is 6.77. The van der Waals surface area contributed by atoms with Gasteiger partial charge in [0.25, 0.3) is 0 Å². The fourth-order valence-electron chi connectivity index (χ4n) is 3.40. The van der Waals surface area contributed by atoms with Crippen LogP contribution in [0.5, 0.6) is 0 Å². The lowest BCUT2D eigenvalue weighted by atomic mass is 9.95. The summed E-state index contributed by atoms with van der Waals surface area (Å²) in [7, 11) is 0. The van der Waals surface area contributed by atoms with Crippen molar-refractivity contribution in [2.45, 2.75) is 38.3 Å². The summed E-state index contributed by atoms with van der Waals surface area (Å²) in [6, 6.07) is 2.31. The zero-order valence-corrected chi connectivity index (χ0v) is 9.69. The fraction of sp³-hybridized carbons (Fsp3) is 0.615. The molecule has 3 unspecified atom stereocenters. The number of rotatable bonds is 4. The molecule has 0 spiro atoms. The predicted molar refractivity (Wildman–Crippen MR) is 61.7 cm³/mol. The standard InChI is InChI=1S/C13H17NO3/c15-13(16)12-10(3-4-17-12)7-14-11-6-8-1-2-9(11)5-8/h3-4,8-9,11,14H,1-2,5-7H2,(H,15,16). The van der Waals surface area contributed by atoms with E-state index in [0.29, 0.717) is 12.6 Å². The second-order valence-electron chi connectivity index (χ2n) is 5.24. The van der Waals surface area contributed by atoms with Gasteiger partial charge in [0.1, 0.15) is 0 Å². The van der Waals surface area contributed by atoms with Gasteiger partial charge >= 0.3 is 5.97 Å². The van der Waals surface area contributed by atoms with Crippen LogP contribution in [0, 0.1) is 11.8 Å². The Labute approximate surface area is 100 Å². The van der Waals surface area contributed by atoms with Crippen molar-refractivity contribution >= 4 is 5.97 Å². The third-order valence-corrected chi connectivity index (χ3v) is 4.23. The zero-order chi connectivity index (χ0) is 11.8. The monoisotopic (exact) mass is 235 g/mol. The van der Waals surface area contributed by atoms with Gasteiger partial charge in [-0.1, -0.05) is 6.42 Å². The van der Waals surface area contributed by atoms with Crippen LogP contribution < -0.4 is 5.32 Å². The van der Waals surface area contributed by atoms with Gasteiger partial charge in [0, 0.05) is 18.2 Å². The van der Waals surface area contributed by atoms with E-state index in [1.807, 2.05) is 0 Å². The van der Waals surface area contributed by atoms with E-state index in [9.17, 15) is 4.79 Å². The molecular weight excluding hydrogens is 218 g/mol. The first-order valence-corrected chi connectivity index (χ1v) is 6.27. The highest BCUT2D eigenvalue weighted by Gasteiger charge is 2.39. The number of nitrogens with one attached hydrogen (secondary N) is 1. The molecule has 2 bridgehead atoms. The smallest absolute Gasteiger partial charge is 0.372 e. The lowest BCUT2D eigenvalue weighted by Crippen LogP contribution is -2.33. The highest BCUT2D eigenvalue weighted by Crippen LogP contribution is 2.44. The molecule has 0 aromatic carbocycles. The number of carboxylic acids is 1. The van der Waals surface area contributed by atoms with Crippen molar-refractivity contribution in [1.82, 2.24) is 5.32 Å². The number of carboxylic acid groups (broad SMARTS) is 1. The Kier molecular flexibility index (Phi) is 2.67. The van der Waals surface area contributed by atoms with Crippen LogP contribution in [0.15, 0.2) is 16.7 Å². The van der Waals surface area contributed by atoms with E-state index in [0.717, 1.165) is 17.4 Å². The molecule has 3 rings (SSSR count). The molecule has 92 valence electrons. The molecule has 4 heteroatoms. The first-order chi connectivity index (χ1) is 8.24. The van der Waals surface area contributed by atoms with Gasteiger partial charge in [0.05, 0.1) is 6.26 Å². The Morgan fingerprint density at radius 2 is 2.35 bits per heavy atom. The number of aromatic carboxylic acids is 1. The summed E-state index contributed by atoms with van der Waals surface area (Å²) < 4.78 is 4.96. The maximum atomic E-state index is 10.9. The molecule has 17 heavy (non-hydrogen) atoms. The Bertz CT molecular complexity index is 426. The number of fused-ring (bicyclic) bond motifs is 2. The largest absolute Gasteiger partial charge is 0.475 e. The summed E-state index contributed by atoms with van der Waals surface area (Å²) in [5.41, 5.74) is 0.750. The summed E-state index contributed by atoms with van der Waals surface area (Å²) >= 11 is 0. The zero-order valence-electron chi connectivity index (χ0n) is 9.69. The molecular formula is C13H17NO3. The van der Waals surface area contributed by atoms with Gasteiger partial charge in [-0.2, -0.15) is 0 Å². The Morgan fingerprint density at radius 3 is 3.00 bits per heavy atom. The minimum absolute atomic E-state index is 0.0701.